The number of carbonyl (C=O) groups excluding carboxylic acids is 3. The van der Waals surface area contributed by atoms with Crippen LogP contribution in [0, 0.1) is 11.3 Å². The molecule has 44 heavy (non-hydrogen) atoms. The lowest BCUT2D eigenvalue weighted by Crippen LogP contribution is -2.42. The first-order valence-corrected chi connectivity index (χ1v) is 15.4. The Balaban J connectivity index is 1.30. The number of allylic oxidation sites excluding steroid dienone is 2. The minimum Gasteiger partial charge on any atom is -0.497 e. The highest BCUT2D eigenvalue weighted by Crippen LogP contribution is 2.57. The van der Waals surface area contributed by atoms with Gasteiger partial charge in [0.15, 0.2) is 5.78 Å². The van der Waals surface area contributed by atoms with Gasteiger partial charge >= 0.3 is 12.1 Å². The minimum atomic E-state index is -0.882. The van der Waals surface area contributed by atoms with Crippen molar-refractivity contribution in [3.63, 3.8) is 0 Å². The third-order valence-corrected chi connectivity index (χ3v) is 8.88. The second-order valence-corrected chi connectivity index (χ2v) is 11.8. The van der Waals surface area contributed by atoms with Crippen LogP contribution in [0.2, 0.25) is 0 Å². The van der Waals surface area contributed by atoms with E-state index >= 15 is 0 Å². The quantitative estimate of drug-likeness (QED) is 0.246. The average Bonchev–Trinajstić information content (AvgIpc) is 3.57. The molecule has 3 heterocycles. The van der Waals surface area contributed by atoms with Crippen molar-refractivity contribution >= 4 is 28.7 Å². The molecule has 2 fully saturated rings. The Morgan fingerprint density at radius 3 is 2.75 bits per heavy atom. The van der Waals surface area contributed by atoms with Gasteiger partial charge in [-0.3, -0.25) is 14.5 Å². The molecule has 0 unspecified atom stereocenters. The molecule has 6 rings (SSSR count). The van der Waals surface area contributed by atoms with Gasteiger partial charge in [-0.25, -0.2) is 9.78 Å². The number of esters is 1. The topological polar surface area (TPSA) is 104 Å². The number of aromatic nitrogens is 1. The minimum absolute atomic E-state index is 0.0120. The number of ketones is 1. The maximum Gasteiger partial charge on any atom is 0.410 e. The lowest BCUT2D eigenvalue weighted by molar-refractivity contribution is -0.152. The monoisotopic (exact) mass is 598 g/mol. The van der Waals surface area contributed by atoms with Crippen LogP contribution in [0.4, 0.5) is 4.79 Å². The van der Waals surface area contributed by atoms with Crippen molar-refractivity contribution in [3.05, 3.63) is 66.7 Å². The Morgan fingerprint density at radius 2 is 1.95 bits per heavy atom. The van der Waals surface area contributed by atoms with Gasteiger partial charge in [-0.1, -0.05) is 42.5 Å². The van der Waals surface area contributed by atoms with Crippen LogP contribution in [0.1, 0.15) is 45.4 Å². The molecule has 1 saturated carbocycles. The fourth-order valence-corrected chi connectivity index (χ4v) is 6.39. The molecule has 1 amide bonds. The number of Topliss-reactive ketones (excluding diaryl/α,β-unsaturated/α-hetero) is 1. The summed E-state index contributed by atoms with van der Waals surface area (Å²) in [4.78, 5) is 46.7. The summed E-state index contributed by atoms with van der Waals surface area (Å²) in [6.07, 6.45) is 6.37. The fourth-order valence-electron chi connectivity index (χ4n) is 6.39. The highest BCUT2D eigenvalue weighted by molar-refractivity contribution is 5.94. The zero-order valence-corrected chi connectivity index (χ0v) is 25.2. The summed E-state index contributed by atoms with van der Waals surface area (Å²) in [5.74, 6) is 0.711. The summed E-state index contributed by atoms with van der Waals surface area (Å²) >= 11 is 0. The van der Waals surface area contributed by atoms with Crippen LogP contribution < -0.4 is 9.47 Å². The van der Waals surface area contributed by atoms with E-state index in [1.807, 2.05) is 60.7 Å². The molecule has 230 valence electrons. The van der Waals surface area contributed by atoms with Crippen LogP contribution in [0.25, 0.3) is 22.2 Å². The Labute approximate surface area is 257 Å². The van der Waals surface area contributed by atoms with E-state index in [2.05, 4.69) is 6.08 Å². The molecule has 0 N–H and O–H groups in total. The number of pyridine rings is 1. The standard InChI is InChI=1S/C35H38N2O7/c1-3-42-33(39)35-20-24(35)13-9-4-5-10-16-43-34(40)37-22-26(18-30(37)31(38)21-35)44-32-19-28(23-11-7-6-8-12-23)36-29-17-25(41-2)14-15-27(29)32/h6-9,11-15,17,19,24,26,30H,3-5,10,16,18,20-22H2,1-2H3/b13-9-/t24-,26-,30+,35-/m1/s1. The maximum absolute atomic E-state index is 13.9. The number of hydrogen-bond donors (Lipinski definition) is 0. The van der Waals surface area contributed by atoms with Crippen molar-refractivity contribution in [2.24, 2.45) is 11.3 Å². The van der Waals surface area contributed by atoms with Gasteiger partial charge < -0.3 is 18.9 Å². The zero-order valence-electron chi connectivity index (χ0n) is 25.2. The van der Waals surface area contributed by atoms with Gasteiger partial charge in [-0.15, -0.1) is 0 Å². The third kappa shape index (κ3) is 6.00. The van der Waals surface area contributed by atoms with Gasteiger partial charge in [-0.2, -0.15) is 0 Å². The Kier molecular flexibility index (Phi) is 8.55. The van der Waals surface area contributed by atoms with E-state index in [0.29, 0.717) is 29.9 Å². The van der Waals surface area contributed by atoms with Crippen molar-refractivity contribution in [3.8, 4) is 22.8 Å². The largest absolute Gasteiger partial charge is 0.497 e. The highest BCUT2D eigenvalue weighted by Gasteiger charge is 2.61. The number of ether oxygens (including phenoxy) is 4. The van der Waals surface area contributed by atoms with Crippen molar-refractivity contribution in [1.82, 2.24) is 9.88 Å². The Hall–Kier alpha value is -4.40. The maximum atomic E-state index is 13.9. The number of cyclic esters (lactones) is 1. The first-order chi connectivity index (χ1) is 21.4. The number of nitrogens with zero attached hydrogens (tertiary/aromatic N) is 2. The number of fused-ring (bicyclic) bond motifs is 3. The zero-order chi connectivity index (χ0) is 30.7. The fraction of sp³-hybridized carbons (Fsp3) is 0.429. The predicted molar refractivity (Wildman–Crippen MR) is 164 cm³/mol. The molecule has 2 aromatic carbocycles. The van der Waals surface area contributed by atoms with E-state index < -0.39 is 23.7 Å². The summed E-state index contributed by atoms with van der Waals surface area (Å²) in [7, 11) is 1.61. The molecule has 0 spiro atoms. The number of hydrogen-bond acceptors (Lipinski definition) is 8. The van der Waals surface area contributed by atoms with Crippen molar-refractivity contribution in [2.75, 3.05) is 26.9 Å². The summed E-state index contributed by atoms with van der Waals surface area (Å²) in [6.45, 7) is 2.49. The summed E-state index contributed by atoms with van der Waals surface area (Å²) in [6, 6.07) is 16.6. The lowest BCUT2D eigenvalue weighted by atomic mass is 9.92. The number of methoxy groups -OCH3 is 1. The van der Waals surface area contributed by atoms with Crippen LogP contribution in [0.5, 0.6) is 11.5 Å². The summed E-state index contributed by atoms with van der Waals surface area (Å²) in [5.41, 5.74) is 1.49. The van der Waals surface area contributed by atoms with Crippen molar-refractivity contribution in [2.45, 2.75) is 57.6 Å². The molecule has 4 atom stereocenters. The SMILES string of the molecule is CCOC(=O)[C@]12CC(=O)[C@@H]3C[C@@H](Oc4cc(-c5ccccc5)nc5cc(OC)ccc45)CN3C(=O)OCCCC/C=C\[C@@H]1C2. The molecule has 0 radical (unpaired) electrons. The van der Waals surface area contributed by atoms with E-state index in [9.17, 15) is 14.4 Å². The average molecular weight is 599 g/mol. The van der Waals surface area contributed by atoms with Gasteiger partial charge in [0.1, 0.15) is 17.6 Å². The third-order valence-electron chi connectivity index (χ3n) is 8.88. The van der Waals surface area contributed by atoms with E-state index in [1.54, 1.807) is 14.0 Å². The summed E-state index contributed by atoms with van der Waals surface area (Å²) in [5, 5.41) is 0.793. The lowest BCUT2D eigenvalue weighted by Gasteiger charge is -2.24. The van der Waals surface area contributed by atoms with Crippen molar-refractivity contribution < 1.29 is 33.3 Å². The van der Waals surface area contributed by atoms with Crippen molar-refractivity contribution in [1.29, 1.82) is 0 Å². The summed E-state index contributed by atoms with van der Waals surface area (Å²) < 4.78 is 23.1. The van der Waals surface area contributed by atoms with Gasteiger partial charge in [0.25, 0.3) is 0 Å². The molecule has 0 bridgehead atoms. The Bertz CT molecular complexity index is 1570. The molecular weight excluding hydrogens is 560 g/mol. The molecule has 9 heteroatoms. The number of amides is 1. The molecular formula is C35H38N2O7. The van der Waals surface area contributed by atoms with E-state index in [-0.39, 0.29) is 50.3 Å². The normalized spacial score (nSPS) is 26.1. The van der Waals surface area contributed by atoms with Crippen LogP contribution >= 0.6 is 0 Å². The van der Waals surface area contributed by atoms with Crippen LogP contribution in [0.15, 0.2) is 66.7 Å². The molecule has 3 aliphatic rings. The van der Waals surface area contributed by atoms with Crippen LogP contribution in [-0.4, -0.2) is 66.7 Å². The first kappa shape index (κ1) is 29.7. The van der Waals surface area contributed by atoms with E-state index in [4.69, 9.17) is 23.9 Å². The smallest absolute Gasteiger partial charge is 0.410 e. The first-order valence-electron chi connectivity index (χ1n) is 15.4. The van der Waals surface area contributed by atoms with E-state index in [0.717, 1.165) is 29.5 Å². The second-order valence-electron chi connectivity index (χ2n) is 11.8. The molecule has 9 nitrogen and oxygen atoms in total. The molecule has 1 aromatic heterocycles. The number of carbonyl (C=O) groups is 3. The molecule has 1 saturated heterocycles. The highest BCUT2D eigenvalue weighted by atomic mass is 16.6. The van der Waals surface area contributed by atoms with Crippen LogP contribution in [0.3, 0.4) is 0 Å². The molecule has 1 aliphatic carbocycles. The van der Waals surface area contributed by atoms with E-state index in [1.165, 1.54) is 4.90 Å². The predicted octanol–water partition coefficient (Wildman–Crippen LogP) is 6.14. The van der Waals surface area contributed by atoms with Gasteiger partial charge in [-0.05, 0) is 50.7 Å². The molecule has 3 aromatic rings. The van der Waals surface area contributed by atoms with Crippen LogP contribution in [-0.2, 0) is 19.1 Å². The Morgan fingerprint density at radius 1 is 1.11 bits per heavy atom. The number of benzene rings is 2. The number of rotatable bonds is 6. The van der Waals surface area contributed by atoms with Gasteiger partial charge in [0, 0.05) is 35.9 Å². The second kappa shape index (κ2) is 12.7. The van der Waals surface area contributed by atoms with Gasteiger partial charge in [0.05, 0.1) is 49.5 Å². The molecule has 2 aliphatic heterocycles. The van der Waals surface area contributed by atoms with Gasteiger partial charge in [0.2, 0.25) is 0 Å².